The van der Waals surface area contributed by atoms with Gasteiger partial charge in [-0.3, -0.25) is 28.8 Å². The van der Waals surface area contributed by atoms with E-state index in [1.54, 1.807) is 31.2 Å². The van der Waals surface area contributed by atoms with Gasteiger partial charge in [-0.1, -0.05) is 50.6 Å². The number of carboxylic acids is 1. The molecule has 0 aliphatic carbocycles. The first-order valence-corrected chi connectivity index (χ1v) is 13.8. The topological polar surface area (TPSA) is 223 Å². The van der Waals surface area contributed by atoms with E-state index in [2.05, 4.69) is 21.3 Å². The third kappa shape index (κ3) is 13.3. The molecule has 0 bridgehead atoms. The Balaban J connectivity index is 3.19. The van der Waals surface area contributed by atoms with E-state index >= 15 is 0 Å². The molecule has 5 atom stereocenters. The molecule has 0 aliphatic rings. The van der Waals surface area contributed by atoms with E-state index in [1.165, 1.54) is 6.92 Å². The van der Waals surface area contributed by atoms with Gasteiger partial charge in [0, 0.05) is 19.8 Å². The number of carboxylic acid groups (broad SMARTS) is 1. The zero-order valence-corrected chi connectivity index (χ0v) is 24.0. The van der Waals surface area contributed by atoms with E-state index in [0.29, 0.717) is 25.8 Å². The van der Waals surface area contributed by atoms with Crippen LogP contribution in [0.25, 0.3) is 0 Å². The fourth-order valence-electron chi connectivity index (χ4n) is 4.11. The number of primary amides is 1. The first-order valence-electron chi connectivity index (χ1n) is 13.8. The zero-order valence-electron chi connectivity index (χ0n) is 24.0. The second-order valence-electron chi connectivity index (χ2n) is 10.1. The quantitative estimate of drug-likeness (QED) is 0.108. The predicted molar refractivity (Wildman–Crippen MR) is 152 cm³/mol. The minimum atomic E-state index is -1.17. The number of rotatable bonds is 19. The molecule has 0 saturated carbocycles. The molecule has 1 aromatic carbocycles. The standard InChI is InChI=1S/C28H44N6O7/c1-4-17(2)24(34-26(39)21(31-18(3)35)13-14-23(36)37)28(41)33-22(16-19-10-6-5-7-11-19)27(40)32-20(25(30)38)12-8-9-15-29/h5-7,10-11,17,20-22,24H,4,8-9,12-16,29H2,1-3H3,(H2,30,38)(H,31,35)(H,32,40)(H,33,41)(H,34,39)(H,36,37)/t17-,20-,21-,22-,24-/m0/s1. The predicted octanol–water partition coefficient (Wildman–Crippen LogP) is -0.287. The fourth-order valence-corrected chi connectivity index (χ4v) is 4.11. The van der Waals surface area contributed by atoms with Crippen molar-refractivity contribution in [2.75, 3.05) is 6.54 Å². The second kappa shape index (κ2) is 18.4. The summed E-state index contributed by atoms with van der Waals surface area (Å²) in [5.41, 5.74) is 11.8. The number of carbonyl (C=O) groups excluding carboxylic acids is 5. The molecule has 0 unspecified atom stereocenters. The van der Waals surface area contributed by atoms with Crippen LogP contribution in [-0.4, -0.2) is 71.3 Å². The molecule has 0 heterocycles. The molecule has 0 saturated heterocycles. The molecule has 13 nitrogen and oxygen atoms in total. The number of hydrogen-bond acceptors (Lipinski definition) is 7. The summed E-state index contributed by atoms with van der Waals surface area (Å²) in [5, 5.41) is 19.4. The molecule has 0 aromatic heterocycles. The minimum absolute atomic E-state index is 0.0982. The van der Waals surface area contributed by atoms with Gasteiger partial charge in [0.25, 0.3) is 0 Å². The molecule has 228 valence electrons. The van der Waals surface area contributed by atoms with Crippen molar-refractivity contribution in [1.29, 1.82) is 0 Å². The molecule has 41 heavy (non-hydrogen) atoms. The van der Waals surface area contributed by atoms with Gasteiger partial charge in [-0.15, -0.1) is 0 Å². The largest absolute Gasteiger partial charge is 0.481 e. The van der Waals surface area contributed by atoms with E-state index < -0.39 is 59.7 Å². The highest BCUT2D eigenvalue weighted by molar-refractivity contribution is 5.95. The lowest BCUT2D eigenvalue weighted by atomic mass is 9.96. The first kappa shape index (κ1) is 35.0. The highest BCUT2D eigenvalue weighted by atomic mass is 16.4. The lowest BCUT2D eigenvalue weighted by Crippen LogP contribution is -2.59. The van der Waals surface area contributed by atoms with Crippen molar-refractivity contribution in [2.45, 2.75) is 89.9 Å². The lowest BCUT2D eigenvalue weighted by Gasteiger charge is -2.28. The SMILES string of the molecule is CC[C@H](C)[C@H](NC(=O)[C@H](CCC(=O)O)NC(C)=O)C(=O)N[C@@H](Cc1ccccc1)C(=O)N[C@@H](CCCCN)C(N)=O. The highest BCUT2D eigenvalue weighted by Gasteiger charge is 2.33. The van der Waals surface area contributed by atoms with Crippen molar-refractivity contribution in [3.63, 3.8) is 0 Å². The summed E-state index contributed by atoms with van der Waals surface area (Å²) in [6.07, 6.45) is 1.54. The number of nitrogens with two attached hydrogens (primary N) is 2. The third-order valence-corrected chi connectivity index (χ3v) is 6.66. The van der Waals surface area contributed by atoms with Crippen LogP contribution < -0.4 is 32.7 Å². The fraction of sp³-hybridized carbons (Fsp3) is 0.571. The van der Waals surface area contributed by atoms with Crippen molar-refractivity contribution in [3.8, 4) is 0 Å². The minimum Gasteiger partial charge on any atom is -0.481 e. The average molecular weight is 577 g/mol. The Morgan fingerprint density at radius 3 is 1.98 bits per heavy atom. The summed E-state index contributed by atoms with van der Waals surface area (Å²) >= 11 is 0. The van der Waals surface area contributed by atoms with Gasteiger partial charge in [0.15, 0.2) is 0 Å². The van der Waals surface area contributed by atoms with Crippen molar-refractivity contribution in [2.24, 2.45) is 17.4 Å². The maximum atomic E-state index is 13.5. The molecule has 0 fully saturated rings. The van der Waals surface area contributed by atoms with E-state index in [9.17, 15) is 28.8 Å². The van der Waals surface area contributed by atoms with Crippen molar-refractivity contribution in [3.05, 3.63) is 35.9 Å². The van der Waals surface area contributed by atoms with Gasteiger partial charge in [0.1, 0.15) is 24.2 Å². The summed E-state index contributed by atoms with van der Waals surface area (Å²) in [6, 6.07) is 4.61. The summed E-state index contributed by atoms with van der Waals surface area (Å²) in [7, 11) is 0. The van der Waals surface area contributed by atoms with E-state index in [4.69, 9.17) is 16.6 Å². The van der Waals surface area contributed by atoms with Crippen LogP contribution in [0.15, 0.2) is 30.3 Å². The van der Waals surface area contributed by atoms with Crippen LogP contribution in [0.3, 0.4) is 0 Å². The Kier molecular flexibility index (Phi) is 15.7. The van der Waals surface area contributed by atoms with Crippen LogP contribution in [0.5, 0.6) is 0 Å². The van der Waals surface area contributed by atoms with Crippen LogP contribution >= 0.6 is 0 Å². The summed E-state index contributed by atoms with van der Waals surface area (Å²) in [6.45, 7) is 5.18. The van der Waals surface area contributed by atoms with Crippen molar-refractivity contribution < 1.29 is 33.9 Å². The Hall–Kier alpha value is -4.00. The molecule has 1 rings (SSSR count). The Morgan fingerprint density at radius 1 is 0.829 bits per heavy atom. The van der Waals surface area contributed by atoms with Crippen LogP contribution in [0, 0.1) is 5.92 Å². The van der Waals surface area contributed by atoms with Gasteiger partial charge < -0.3 is 37.8 Å². The number of unbranched alkanes of at least 4 members (excludes halogenated alkanes) is 1. The molecular weight excluding hydrogens is 532 g/mol. The lowest BCUT2D eigenvalue weighted by molar-refractivity contribution is -0.138. The smallest absolute Gasteiger partial charge is 0.303 e. The van der Waals surface area contributed by atoms with Gasteiger partial charge in [-0.2, -0.15) is 0 Å². The van der Waals surface area contributed by atoms with E-state index in [1.807, 2.05) is 13.0 Å². The number of benzene rings is 1. The average Bonchev–Trinajstić information content (AvgIpc) is 2.92. The highest BCUT2D eigenvalue weighted by Crippen LogP contribution is 2.12. The normalized spacial score (nSPS) is 14.4. The number of hydrogen-bond donors (Lipinski definition) is 7. The van der Waals surface area contributed by atoms with Crippen molar-refractivity contribution in [1.82, 2.24) is 21.3 Å². The molecule has 0 spiro atoms. The van der Waals surface area contributed by atoms with Crippen LogP contribution in [0.4, 0.5) is 0 Å². The Labute approximate surface area is 240 Å². The first-order chi connectivity index (χ1) is 19.4. The molecule has 0 radical (unpaired) electrons. The van der Waals surface area contributed by atoms with Gasteiger partial charge in [0.2, 0.25) is 29.5 Å². The summed E-state index contributed by atoms with van der Waals surface area (Å²) < 4.78 is 0. The van der Waals surface area contributed by atoms with Crippen molar-refractivity contribution >= 4 is 35.5 Å². The van der Waals surface area contributed by atoms with Crippen LogP contribution in [-0.2, 0) is 35.2 Å². The van der Waals surface area contributed by atoms with Crippen LogP contribution in [0.1, 0.15) is 64.9 Å². The summed E-state index contributed by atoms with van der Waals surface area (Å²) in [5.74, 6) is -4.76. The molecule has 0 aliphatic heterocycles. The molecule has 13 heteroatoms. The van der Waals surface area contributed by atoms with E-state index in [0.717, 1.165) is 5.56 Å². The van der Waals surface area contributed by atoms with E-state index in [-0.39, 0.29) is 31.6 Å². The van der Waals surface area contributed by atoms with Gasteiger partial charge in [0.05, 0.1) is 0 Å². The monoisotopic (exact) mass is 576 g/mol. The van der Waals surface area contributed by atoms with Gasteiger partial charge >= 0.3 is 5.97 Å². The zero-order chi connectivity index (χ0) is 30.9. The maximum absolute atomic E-state index is 13.5. The molecular formula is C28H44N6O7. The maximum Gasteiger partial charge on any atom is 0.303 e. The molecule has 9 N–H and O–H groups in total. The third-order valence-electron chi connectivity index (χ3n) is 6.66. The summed E-state index contributed by atoms with van der Waals surface area (Å²) in [4.78, 5) is 74.6. The van der Waals surface area contributed by atoms with Crippen LogP contribution in [0.2, 0.25) is 0 Å². The Bertz CT molecular complexity index is 1040. The molecule has 5 amide bonds. The number of amides is 5. The molecule has 1 aromatic rings. The second-order valence-corrected chi connectivity index (χ2v) is 10.1. The number of carbonyl (C=O) groups is 6. The number of nitrogens with one attached hydrogen (secondary N) is 4. The van der Waals surface area contributed by atoms with Gasteiger partial charge in [-0.25, -0.2) is 0 Å². The van der Waals surface area contributed by atoms with Gasteiger partial charge in [-0.05, 0) is 43.7 Å². The Morgan fingerprint density at radius 2 is 1.44 bits per heavy atom. The number of aliphatic carboxylic acids is 1.